The number of furan rings is 1. The normalized spacial score (nSPS) is 11.5. The van der Waals surface area contributed by atoms with Crippen LogP contribution in [0.4, 0.5) is 19.0 Å². The SMILES string of the molecule is O=C(NCCNc1ccc(C(F)(F)F)cn1)c1oc2ccccc2c1CSc1ncccn1. The Bertz CT molecular complexity index is 1230. The highest BCUT2D eigenvalue weighted by atomic mass is 32.2. The third-order valence-electron chi connectivity index (χ3n) is 4.60. The molecular formula is C22H18F3N5O2S. The lowest BCUT2D eigenvalue weighted by atomic mass is 10.1. The van der Waals surface area contributed by atoms with Crippen LogP contribution in [0.5, 0.6) is 0 Å². The highest BCUT2D eigenvalue weighted by Crippen LogP contribution is 2.31. The first-order chi connectivity index (χ1) is 15.9. The summed E-state index contributed by atoms with van der Waals surface area (Å²) >= 11 is 1.39. The maximum absolute atomic E-state index is 12.8. The number of carbonyl (C=O) groups is 1. The van der Waals surface area contributed by atoms with Gasteiger partial charge in [-0.1, -0.05) is 30.0 Å². The topological polar surface area (TPSA) is 92.9 Å². The van der Waals surface area contributed by atoms with Crippen molar-refractivity contribution in [3.05, 3.63) is 77.9 Å². The van der Waals surface area contributed by atoms with E-state index in [0.29, 0.717) is 16.5 Å². The van der Waals surface area contributed by atoms with Gasteiger partial charge in [0.1, 0.15) is 11.4 Å². The number of alkyl halides is 3. The first-order valence-corrected chi connectivity index (χ1v) is 10.9. The molecule has 4 aromatic rings. The molecule has 0 saturated carbocycles. The summed E-state index contributed by atoms with van der Waals surface area (Å²) < 4.78 is 43.6. The van der Waals surface area contributed by atoms with Gasteiger partial charge >= 0.3 is 6.18 Å². The number of hydrogen-bond acceptors (Lipinski definition) is 7. The average Bonchev–Trinajstić information content (AvgIpc) is 3.19. The van der Waals surface area contributed by atoms with E-state index < -0.39 is 17.6 Å². The summed E-state index contributed by atoms with van der Waals surface area (Å²) in [5, 5.41) is 7.05. The van der Waals surface area contributed by atoms with Crippen molar-refractivity contribution >= 4 is 34.5 Å². The molecule has 11 heteroatoms. The molecule has 7 nitrogen and oxygen atoms in total. The number of amides is 1. The van der Waals surface area contributed by atoms with Crippen LogP contribution in [-0.2, 0) is 11.9 Å². The molecule has 33 heavy (non-hydrogen) atoms. The number of pyridine rings is 1. The van der Waals surface area contributed by atoms with Crippen LogP contribution in [0.3, 0.4) is 0 Å². The predicted octanol–water partition coefficient (Wildman–Crippen LogP) is 4.77. The van der Waals surface area contributed by atoms with Crippen molar-refractivity contribution in [3.8, 4) is 0 Å². The number of thioether (sulfide) groups is 1. The largest absolute Gasteiger partial charge is 0.451 e. The van der Waals surface area contributed by atoms with E-state index in [1.165, 1.54) is 17.8 Å². The lowest BCUT2D eigenvalue weighted by Gasteiger charge is -2.09. The molecule has 0 spiro atoms. The zero-order chi connectivity index (χ0) is 23.3. The fourth-order valence-corrected chi connectivity index (χ4v) is 3.87. The molecule has 3 heterocycles. The van der Waals surface area contributed by atoms with E-state index in [1.54, 1.807) is 24.5 Å². The number of para-hydroxylation sites is 1. The molecule has 0 aliphatic rings. The van der Waals surface area contributed by atoms with Crippen molar-refractivity contribution in [1.29, 1.82) is 0 Å². The van der Waals surface area contributed by atoms with Crippen LogP contribution in [0.25, 0.3) is 11.0 Å². The Labute approximate surface area is 190 Å². The Morgan fingerprint density at radius 3 is 2.52 bits per heavy atom. The summed E-state index contributed by atoms with van der Waals surface area (Å²) in [6.07, 6.45) is -0.381. The third-order valence-corrected chi connectivity index (χ3v) is 5.50. The quantitative estimate of drug-likeness (QED) is 0.216. The maximum Gasteiger partial charge on any atom is 0.417 e. The second-order valence-electron chi connectivity index (χ2n) is 6.84. The second kappa shape index (κ2) is 9.90. The average molecular weight is 473 g/mol. The number of fused-ring (bicyclic) bond motifs is 1. The molecule has 0 unspecified atom stereocenters. The van der Waals surface area contributed by atoms with Crippen molar-refractivity contribution < 1.29 is 22.4 Å². The Hall–Kier alpha value is -3.60. The monoisotopic (exact) mass is 473 g/mol. The number of benzene rings is 1. The van der Waals surface area contributed by atoms with Crippen molar-refractivity contribution in [2.45, 2.75) is 17.1 Å². The molecule has 170 valence electrons. The second-order valence-corrected chi connectivity index (χ2v) is 7.78. The highest BCUT2D eigenvalue weighted by molar-refractivity contribution is 7.98. The van der Waals surface area contributed by atoms with Gasteiger partial charge in [0.25, 0.3) is 5.91 Å². The van der Waals surface area contributed by atoms with Gasteiger partial charge in [0, 0.05) is 48.4 Å². The molecule has 1 aromatic carbocycles. The van der Waals surface area contributed by atoms with Gasteiger partial charge < -0.3 is 15.1 Å². The van der Waals surface area contributed by atoms with E-state index in [2.05, 4.69) is 25.6 Å². The van der Waals surface area contributed by atoms with Crippen LogP contribution in [0.2, 0.25) is 0 Å². The summed E-state index contributed by atoms with van der Waals surface area (Å²) in [5.41, 5.74) is 0.509. The Morgan fingerprint density at radius 2 is 1.79 bits per heavy atom. The van der Waals surface area contributed by atoms with Gasteiger partial charge in [-0.05, 0) is 24.3 Å². The van der Waals surface area contributed by atoms with E-state index in [1.807, 2.05) is 18.2 Å². The fraction of sp³-hybridized carbons (Fsp3) is 0.182. The molecule has 0 atom stereocenters. The number of anilines is 1. The summed E-state index contributed by atoms with van der Waals surface area (Å²) in [6, 6.07) is 11.3. The number of carbonyl (C=O) groups excluding carboxylic acids is 1. The maximum atomic E-state index is 12.8. The van der Waals surface area contributed by atoms with Gasteiger partial charge in [-0.15, -0.1) is 0 Å². The lowest BCUT2D eigenvalue weighted by molar-refractivity contribution is -0.137. The van der Waals surface area contributed by atoms with Gasteiger partial charge in [-0.25, -0.2) is 15.0 Å². The Balaban J connectivity index is 1.38. The molecule has 0 saturated heterocycles. The van der Waals surface area contributed by atoms with Crippen molar-refractivity contribution in [2.75, 3.05) is 18.4 Å². The molecule has 4 rings (SSSR count). The number of hydrogen-bond donors (Lipinski definition) is 2. The standard InChI is InChI=1S/C22H18F3N5O2S/c23-22(24,25)14-6-7-18(30-12-14)26-10-11-27-20(31)19-16(13-33-21-28-8-3-9-29-21)15-4-1-2-5-17(15)32-19/h1-9,12H,10-11,13H2,(H,26,30)(H,27,31). The Morgan fingerprint density at radius 1 is 1.00 bits per heavy atom. The molecule has 0 aliphatic heterocycles. The molecule has 3 aromatic heterocycles. The summed E-state index contributed by atoms with van der Waals surface area (Å²) in [4.78, 5) is 24.9. The third kappa shape index (κ3) is 5.61. The highest BCUT2D eigenvalue weighted by Gasteiger charge is 2.30. The Kier molecular flexibility index (Phi) is 6.78. The molecule has 0 fully saturated rings. The number of nitrogens with one attached hydrogen (secondary N) is 2. The van der Waals surface area contributed by atoms with Crippen LogP contribution in [0, 0.1) is 0 Å². The van der Waals surface area contributed by atoms with Crippen LogP contribution < -0.4 is 10.6 Å². The first kappa shape index (κ1) is 22.6. The number of rotatable bonds is 8. The van der Waals surface area contributed by atoms with Crippen LogP contribution in [0.15, 0.2) is 70.6 Å². The van der Waals surface area contributed by atoms with Gasteiger partial charge in [-0.2, -0.15) is 13.2 Å². The lowest BCUT2D eigenvalue weighted by Crippen LogP contribution is -2.29. The van der Waals surface area contributed by atoms with E-state index in [9.17, 15) is 18.0 Å². The van der Waals surface area contributed by atoms with E-state index in [4.69, 9.17) is 4.42 Å². The van der Waals surface area contributed by atoms with Gasteiger partial charge in [0.05, 0.1) is 5.56 Å². The molecule has 2 N–H and O–H groups in total. The van der Waals surface area contributed by atoms with E-state index in [-0.39, 0.29) is 24.7 Å². The smallest absolute Gasteiger partial charge is 0.417 e. The van der Waals surface area contributed by atoms with Gasteiger partial charge in [0.15, 0.2) is 10.9 Å². The zero-order valence-electron chi connectivity index (χ0n) is 17.1. The molecule has 0 aliphatic carbocycles. The minimum Gasteiger partial charge on any atom is -0.451 e. The first-order valence-electron chi connectivity index (χ1n) is 9.87. The van der Waals surface area contributed by atoms with E-state index >= 15 is 0 Å². The molecule has 1 amide bonds. The predicted molar refractivity (Wildman–Crippen MR) is 118 cm³/mol. The minimum absolute atomic E-state index is 0.201. The molecular weight excluding hydrogens is 455 g/mol. The number of aromatic nitrogens is 3. The van der Waals surface area contributed by atoms with Crippen molar-refractivity contribution in [1.82, 2.24) is 20.3 Å². The fourth-order valence-electron chi connectivity index (χ4n) is 3.04. The number of halogens is 3. The summed E-state index contributed by atoms with van der Waals surface area (Å²) in [7, 11) is 0. The van der Waals surface area contributed by atoms with Gasteiger partial charge in [-0.3, -0.25) is 4.79 Å². The van der Waals surface area contributed by atoms with Crippen molar-refractivity contribution in [2.24, 2.45) is 0 Å². The molecule has 0 bridgehead atoms. The zero-order valence-corrected chi connectivity index (χ0v) is 17.9. The molecule has 0 radical (unpaired) electrons. The van der Waals surface area contributed by atoms with Crippen molar-refractivity contribution in [3.63, 3.8) is 0 Å². The summed E-state index contributed by atoms with van der Waals surface area (Å²) in [5.74, 6) is 0.531. The van der Waals surface area contributed by atoms with Gasteiger partial charge in [0.2, 0.25) is 0 Å². The van der Waals surface area contributed by atoms with E-state index in [0.717, 1.165) is 23.2 Å². The number of nitrogens with zero attached hydrogens (tertiary/aromatic N) is 3. The summed E-state index contributed by atoms with van der Waals surface area (Å²) in [6.45, 7) is 0.485. The van der Waals surface area contributed by atoms with Crippen LogP contribution >= 0.6 is 11.8 Å². The van der Waals surface area contributed by atoms with Crippen LogP contribution in [0.1, 0.15) is 21.7 Å². The van der Waals surface area contributed by atoms with Crippen LogP contribution in [-0.4, -0.2) is 33.9 Å². The minimum atomic E-state index is -4.44.